The summed E-state index contributed by atoms with van der Waals surface area (Å²) in [4.78, 5) is 0. The number of rotatable bonds is 2. The molecule has 0 aromatic heterocycles. The number of hydrogen-bond acceptors (Lipinski definition) is 2. The average molecular weight is 288 g/mol. The highest BCUT2D eigenvalue weighted by Gasteiger charge is 2.60. The molecule has 4 aliphatic rings. The van der Waals surface area contributed by atoms with Crippen molar-refractivity contribution in [3.63, 3.8) is 0 Å². The fourth-order valence-corrected chi connectivity index (χ4v) is 6.52. The van der Waals surface area contributed by atoms with Crippen molar-refractivity contribution in [2.24, 2.45) is 16.7 Å². The number of benzene rings is 1. The summed E-state index contributed by atoms with van der Waals surface area (Å²) in [6.07, 6.45) is 7.81. The number of hydrogen-bond donors (Lipinski definition) is 2. The van der Waals surface area contributed by atoms with Crippen LogP contribution < -0.4 is 11.1 Å². The van der Waals surface area contributed by atoms with Gasteiger partial charge in [0, 0.05) is 5.54 Å². The maximum Gasteiger partial charge on any atom is 0.125 e. The SMILES string of the molecule is CC12CC3CC(C)(C1)CC(Nc1ccc(F)cc1N)(C3)C2. The highest BCUT2D eigenvalue weighted by atomic mass is 19.1. The van der Waals surface area contributed by atoms with Crippen molar-refractivity contribution in [3.8, 4) is 0 Å². The molecular weight excluding hydrogens is 263 g/mol. The van der Waals surface area contributed by atoms with E-state index in [2.05, 4.69) is 19.2 Å². The van der Waals surface area contributed by atoms with Gasteiger partial charge in [-0.25, -0.2) is 4.39 Å². The molecule has 2 unspecified atom stereocenters. The molecule has 2 atom stereocenters. The number of nitrogens with one attached hydrogen (secondary N) is 1. The molecule has 0 saturated heterocycles. The summed E-state index contributed by atoms with van der Waals surface area (Å²) >= 11 is 0. The van der Waals surface area contributed by atoms with E-state index >= 15 is 0 Å². The molecule has 2 nitrogen and oxygen atoms in total. The number of nitrogen functional groups attached to an aromatic ring is 1. The third kappa shape index (κ3) is 2.13. The lowest BCUT2D eigenvalue weighted by atomic mass is 9.43. The fourth-order valence-electron chi connectivity index (χ4n) is 6.52. The minimum absolute atomic E-state index is 0.162. The molecule has 21 heavy (non-hydrogen) atoms. The Morgan fingerprint density at radius 3 is 2.33 bits per heavy atom. The van der Waals surface area contributed by atoms with Crippen LogP contribution in [0.5, 0.6) is 0 Å². The molecule has 1 aromatic rings. The molecule has 3 heteroatoms. The number of halogens is 1. The molecule has 3 N–H and O–H groups in total. The summed E-state index contributed by atoms with van der Waals surface area (Å²) in [7, 11) is 0. The zero-order chi connectivity index (χ0) is 14.9. The predicted molar refractivity (Wildman–Crippen MR) is 84.6 cm³/mol. The Balaban J connectivity index is 1.68. The van der Waals surface area contributed by atoms with Gasteiger partial charge < -0.3 is 11.1 Å². The van der Waals surface area contributed by atoms with Gasteiger partial charge >= 0.3 is 0 Å². The highest BCUT2D eigenvalue weighted by Crippen LogP contribution is 2.66. The molecule has 4 aliphatic carbocycles. The molecule has 4 fully saturated rings. The summed E-state index contributed by atoms with van der Waals surface area (Å²) < 4.78 is 13.3. The van der Waals surface area contributed by atoms with Gasteiger partial charge in [-0.15, -0.1) is 0 Å². The third-order valence-corrected chi connectivity index (χ3v) is 6.04. The van der Waals surface area contributed by atoms with Gasteiger partial charge in [-0.3, -0.25) is 0 Å². The van der Waals surface area contributed by atoms with Crippen LogP contribution in [0.2, 0.25) is 0 Å². The minimum atomic E-state index is -0.262. The van der Waals surface area contributed by atoms with E-state index < -0.39 is 0 Å². The van der Waals surface area contributed by atoms with Gasteiger partial charge in [-0.2, -0.15) is 0 Å². The van der Waals surface area contributed by atoms with E-state index in [4.69, 9.17) is 5.73 Å². The van der Waals surface area contributed by atoms with E-state index in [0.717, 1.165) is 11.6 Å². The Morgan fingerprint density at radius 1 is 1.10 bits per heavy atom. The molecule has 4 saturated carbocycles. The quantitative estimate of drug-likeness (QED) is 0.782. The van der Waals surface area contributed by atoms with E-state index in [1.807, 2.05) is 0 Å². The first-order valence-corrected chi connectivity index (χ1v) is 8.12. The van der Waals surface area contributed by atoms with Gasteiger partial charge in [0.25, 0.3) is 0 Å². The Hall–Kier alpha value is -1.25. The monoisotopic (exact) mass is 288 g/mol. The highest BCUT2D eigenvalue weighted by molar-refractivity contribution is 5.67. The summed E-state index contributed by atoms with van der Waals surface area (Å²) in [5.74, 6) is 0.577. The van der Waals surface area contributed by atoms with Crippen molar-refractivity contribution >= 4 is 11.4 Å². The second-order valence-electron chi connectivity index (χ2n) is 8.77. The molecule has 5 rings (SSSR count). The van der Waals surface area contributed by atoms with Crippen molar-refractivity contribution in [3.05, 3.63) is 24.0 Å². The standard InChI is InChI=1S/C18H25FN2/c1-16-6-12-7-17(2,9-16)11-18(8-12,10-16)21-15-4-3-13(19)5-14(15)20/h3-5,12,21H,6-11,20H2,1-2H3. The van der Waals surface area contributed by atoms with Crippen molar-refractivity contribution in [2.45, 2.75) is 57.9 Å². The minimum Gasteiger partial charge on any atom is -0.397 e. The topological polar surface area (TPSA) is 38.0 Å². The lowest BCUT2D eigenvalue weighted by molar-refractivity contribution is -0.0972. The second-order valence-corrected chi connectivity index (χ2v) is 8.77. The Labute approximate surface area is 126 Å². The fraction of sp³-hybridized carbons (Fsp3) is 0.667. The molecule has 0 amide bonds. The lowest BCUT2D eigenvalue weighted by Crippen LogP contribution is -2.61. The zero-order valence-corrected chi connectivity index (χ0v) is 13.0. The van der Waals surface area contributed by atoms with Gasteiger partial charge in [0.1, 0.15) is 5.82 Å². The Morgan fingerprint density at radius 2 is 1.76 bits per heavy atom. The van der Waals surface area contributed by atoms with E-state index in [1.165, 1.54) is 50.7 Å². The average Bonchev–Trinajstić information content (AvgIpc) is 2.28. The van der Waals surface area contributed by atoms with Crippen LogP contribution >= 0.6 is 0 Å². The summed E-state index contributed by atoms with van der Waals surface area (Å²) in [6.45, 7) is 4.92. The van der Waals surface area contributed by atoms with Gasteiger partial charge in [0.05, 0.1) is 11.4 Å². The van der Waals surface area contributed by atoms with Crippen molar-refractivity contribution in [2.75, 3.05) is 11.1 Å². The van der Waals surface area contributed by atoms with Gasteiger partial charge in [-0.05, 0) is 73.5 Å². The summed E-state index contributed by atoms with van der Waals surface area (Å²) in [6, 6.07) is 4.73. The van der Waals surface area contributed by atoms with Crippen molar-refractivity contribution in [1.29, 1.82) is 0 Å². The van der Waals surface area contributed by atoms with E-state index in [0.29, 0.717) is 16.5 Å². The van der Waals surface area contributed by atoms with E-state index in [9.17, 15) is 4.39 Å². The molecule has 4 bridgehead atoms. The normalized spacial score (nSPS) is 44.0. The van der Waals surface area contributed by atoms with E-state index in [1.54, 1.807) is 6.07 Å². The molecular formula is C18H25FN2. The summed E-state index contributed by atoms with van der Waals surface area (Å²) in [5.41, 5.74) is 8.55. The van der Waals surface area contributed by atoms with Gasteiger partial charge in [0.2, 0.25) is 0 Å². The first kappa shape index (κ1) is 13.4. The van der Waals surface area contributed by atoms with Crippen LogP contribution in [0.25, 0.3) is 0 Å². The third-order valence-electron chi connectivity index (χ3n) is 6.04. The van der Waals surface area contributed by atoms with Crippen LogP contribution in [-0.2, 0) is 0 Å². The van der Waals surface area contributed by atoms with E-state index in [-0.39, 0.29) is 11.4 Å². The second kappa shape index (κ2) is 3.93. The largest absolute Gasteiger partial charge is 0.397 e. The maximum atomic E-state index is 13.3. The first-order valence-electron chi connectivity index (χ1n) is 8.12. The zero-order valence-electron chi connectivity index (χ0n) is 13.0. The lowest BCUT2D eigenvalue weighted by Gasteiger charge is -2.65. The van der Waals surface area contributed by atoms with Gasteiger partial charge in [0.15, 0.2) is 0 Å². The molecule has 1 aromatic carbocycles. The van der Waals surface area contributed by atoms with Crippen molar-refractivity contribution in [1.82, 2.24) is 0 Å². The van der Waals surface area contributed by atoms with Crippen molar-refractivity contribution < 1.29 is 4.39 Å². The Kier molecular flexibility index (Phi) is 2.51. The number of anilines is 2. The molecule has 114 valence electrons. The van der Waals surface area contributed by atoms with Crippen LogP contribution in [0.3, 0.4) is 0 Å². The van der Waals surface area contributed by atoms with Crippen LogP contribution in [-0.4, -0.2) is 5.54 Å². The maximum absolute atomic E-state index is 13.3. The molecule has 0 heterocycles. The van der Waals surface area contributed by atoms with Crippen LogP contribution in [0.4, 0.5) is 15.8 Å². The molecule has 0 aliphatic heterocycles. The van der Waals surface area contributed by atoms with Crippen LogP contribution in [0.1, 0.15) is 52.4 Å². The van der Waals surface area contributed by atoms with Gasteiger partial charge in [-0.1, -0.05) is 13.8 Å². The molecule has 0 spiro atoms. The first-order chi connectivity index (χ1) is 9.79. The Bertz CT molecular complexity index is 579. The molecule has 0 radical (unpaired) electrons. The van der Waals surface area contributed by atoms with Crippen LogP contribution in [0, 0.1) is 22.6 Å². The smallest absolute Gasteiger partial charge is 0.125 e. The summed E-state index contributed by atoms with van der Waals surface area (Å²) in [5, 5.41) is 3.74. The number of nitrogens with two attached hydrogens (primary N) is 1. The van der Waals surface area contributed by atoms with Crippen LogP contribution in [0.15, 0.2) is 18.2 Å². The predicted octanol–water partition coefficient (Wildman–Crippen LogP) is 4.57.